The Morgan fingerprint density at radius 2 is 1.60 bits per heavy atom. The van der Waals surface area contributed by atoms with Crippen molar-refractivity contribution < 1.29 is 9.47 Å². The Kier molecular flexibility index (Phi) is 3.83. The number of ether oxygens (including phenoxy) is 2. The van der Waals surface area contributed by atoms with Gasteiger partial charge >= 0.3 is 0 Å². The number of benzene rings is 2. The summed E-state index contributed by atoms with van der Waals surface area (Å²) in [5, 5.41) is 3.45. The van der Waals surface area contributed by atoms with Crippen LogP contribution in [0.2, 0.25) is 0 Å². The van der Waals surface area contributed by atoms with Crippen LogP contribution in [0.15, 0.2) is 60.7 Å². The molecule has 0 spiro atoms. The predicted molar refractivity (Wildman–Crippen MR) is 77.9 cm³/mol. The average Bonchev–Trinajstić information content (AvgIpc) is 2.45. The highest BCUT2D eigenvalue weighted by Crippen LogP contribution is 2.32. The van der Waals surface area contributed by atoms with Gasteiger partial charge in [-0.1, -0.05) is 60.7 Å². The highest BCUT2D eigenvalue weighted by Gasteiger charge is 2.42. The van der Waals surface area contributed by atoms with E-state index in [2.05, 4.69) is 36.5 Å². The van der Waals surface area contributed by atoms with Crippen LogP contribution < -0.4 is 5.32 Å². The minimum Gasteiger partial charge on any atom is -0.306 e. The molecular weight excluding hydrogens is 250 g/mol. The molecule has 1 N–H and O–H groups in total. The van der Waals surface area contributed by atoms with Gasteiger partial charge in [0, 0.05) is 11.6 Å². The molecule has 0 saturated carbocycles. The van der Waals surface area contributed by atoms with Gasteiger partial charge in [0.25, 0.3) is 5.91 Å². The van der Waals surface area contributed by atoms with Crippen LogP contribution in [-0.4, -0.2) is 12.8 Å². The molecule has 0 bridgehead atoms. The molecule has 0 amide bonds. The zero-order valence-corrected chi connectivity index (χ0v) is 11.6. The van der Waals surface area contributed by atoms with Crippen molar-refractivity contribution in [2.24, 2.45) is 0 Å². The zero-order valence-electron chi connectivity index (χ0n) is 11.6. The second kappa shape index (κ2) is 5.75. The maximum atomic E-state index is 5.68. The molecule has 1 heterocycles. The van der Waals surface area contributed by atoms with Crippen molar-refractivity contribution in [2.75, 3.05) is 6.79 Å². The van der Waals surface area contributed by atoms with Crippen molar-refractivity contribution in [3.63, 3.8) is 0 Å². The Balaban J connectivity index is 1.69. The van der Waals surface area contributed by atoms with E-state index in [1.165, 1.54) is 5.56 Å². The minimum absolute atomic E-state index is 0.248. The maximum Gasteiger partial charge on any atom is 0.260 e. The fourth-order valence-electron chi connectivity index (χ4n) is 2.51. The number of hydrogen-bond donors (Lipinski definition) is 1. The van der Waals surface area contributed by atoms with Gasteiger partial charge in [-0.05, 0) is 18.9 Å². The van der Waals surface area contributed by atoms with Gasteiger partial charge in [-0.3, -0.25) is 5.32 Å². The third-order valence-corrected chi connectivity index (χ3v) is 3.50. The van der Waals surface area contributed by atoms with E-state index < -0.39 is 5.91 Å². The summed E-state index contributed by atoms with van der Waals surface area (Å²) in [6.07, 6.45) is 0.933. The molecule has 2 aromatic rings. The summed E-state index contributed by atoms with van der Waals surface area (Å²) in [7, 11) is 0. The van der Waals surface area contributed by atoms with Gasteiger partial charge < -0.3 is 9.47 Å². The monoisotopic (exact) mass is 269 g/mol. The SMILES string of the molecule is CC(Cc1ccccc1)NC1(c2ccccc2)OCO1. The first-order valence-corrected chi connectivity index (χ1v) is 6.93. The van der Waals surface area contributed by atoms with Crippen molar-refractivity contribution in [3.8, 4) is 0 Å². The summed E-state index contributed by atoms with van der Waals surface area (Å²) < 4.78 is 11.4. The molecule has 0 aromatic heterocycles. The van der Waals surface area contributed by atoms with Crippen molar-refractivity contribution in [1.82, 2.24) is 5.32 Å². The van der Waals surface area contributed by atoms with Gasteiger partial charge in [0.15, 0.2) is 6.79 Å². The lowest BCUT2D eigenvalue weighted by Gasteiger charge is -2.43. The molecule has 3 heteroatoms. The molecule has 1 aliphatic rings. The van der Waals surface area contributed by atoms with Crippen LogP contribution in [0.4, 0.5) is 0 Å². The van der Waals surface area contributed by atoms with Crippen LogP contribution in [-0.2, 0) is 21.8 Å². The minimum atomic E-state index is -0.782. The molecular formula is C17H19NO2. The van der Waals surface area contributed by atoms with Crippen molar-refractivity contribution in [1.29, 1.82) is 0 Å². The Hall–Kier alpha value is -1.68. The van der Waals surface area contributed by atoms with Crippen LogP contribution in [0.25, 0.3) is 0 Å². The summed E-state index contributed by atoms with van der Waals surface area (Å²) >= 11 is 0. The molecule has 1 fully saturated rings. The van der Waals surface area contributed by atoms with E-state index in [4.69, 9.17) is 9.47 Å². The molecule has 20 heavy (non-hydrogen) atoms. The van der Waals surface area contributed by atoms with Gasteiger partial charge in [0.2, 0.25) is 0 Å². The maximum absolute atomic E-state index is 5.68. The van der Waals surface area contributed by atoms with E-state index in [1.807, 2.05) is 36.4 Å². The second-order valence-corrected chi connectivity index (χ2v) is 5.12. The quantitative estimate of drug-likeness (QED) is 0.905. The van der Waals surface area contributed by atoms with Gasteiger partial charge in [-0.15, -0.1) is 0 Å². The standard InChI is InChI=1S/C17H19NO2/c1-14(12-15-8-4-2-5-9-15)18-17(19-13-20-17)16-10-6-3-7-11-16/h2-11,14,18H,12-13H2,1H3. The van der Waals surface area contributed by atoms with Crippen LogP contribution in [0, 0.1) is 0 Å². The highest BCUT2D eigenvalue weighted by atomic mass is 16.9. The third kappa shape index (κ3) is 2.75. The van der Waals surface area contributed by atoms with Gasteiger partial charge in [-0.25, -0.2) is 0 Å². The van der Waals surface area contributed by atoms with E-state index in [0.29, 0.717) is 6.79 Å². The molecule has 1 saturated heterocycles. The molecule has 104 valence electrons. The van der Waals surface area contributed by atoms with Crippen LogP contribution in [0.5, 0.6) is 0 Å². The summed E-state index contributed by atoms with van der Waals surface area (Å²) in [5.41, 5.74) is 2.31. The van der Waals surface area contributed by atoms with E-state index in [1.54, 1.807) is 0 Å². The van der Waals surface area contributed by atoms with E-state index >= 15 is 0 Å². The van der Waals surface area contributed by atoms with Crippen molar-refractivity contribution in [2.45, 2.75) is 25.3 Å². The smallest absolute Gasteiger partial charge is 0.260 e. The van der Waals surface area contributed by atoms with Crippen molar-refractivity contribution in [3.05, 3.63) is 71.8 Å². The Morgan fingerprint density at radius 1 is 1.00 bits per heavy atom. The van der Waals surface area contributed by atoms with E-state index in [-0.39, 0.29) is 6.04 Å². The number of hydrogen-bond acceptors (Lipinski definition) is 3. The molecule has 2 aromatic carbocycles. The second-order valence-electron chi connectivity index (χ2n) is 5.12. The first kappa shape index (κ1) is 13.3. The van der Waals surface area contributed by atoms with Crippen LogP contribution in [0.3, 0.4) is 0 Å². The predicted octanol–water partition coefficient (Wildman–Crippen LogP) is 3.02. The Morgan fingerprint density at radius 3 is 2.15 bits per heavy atom. The van der Waals surface area contributed by atoms with Crippen molar-refractivity contribution >= 4 is 0 Å². The normalized spacial score (nSPS) is 18.2. The molecule has 0 radical (unpaired) electrons. The highest BCUT2D eigenvalue weighted by molar-refractivity contribution is 5.21. The summed E-state index contributed by atoms with van der Waals surface area (Å²) in [5.74, 6) is -0.782. The lowest BCUT2D eigenvalue weighted by atomic mass is 10.1. The molecule has 3 nitrogen and oxygen atoms in total. The zero-order chi connectivity index (χ0) is 13.8. The van der Waals surface area contributed by atoms with Gasteiger partial charge in [0.05, 0.1) is 0 Å². The Labute approximate surface area is 119 Å². The van der Waals surface area contributed by atoms with Crippen LogP contribution >= 0.6 is 0 Å². The number of nitrogens with one attached hydrogen (secondary N) is 1. The summed E-state index contributed by atoms with van der Waals surface area (Å²) in [4.78, 5) is 0. The van der Waals surface area contributed by atoms with Crippen LogP contribution in [0.1, 0.15) is 18.1 Å². The largest absolute Gasteiger partial charge is 0.306 e. The lowest BCUT2D eigenvalue weighted by molar-refractivity contribution is -0.425. The average molecular weight is 269 g/mol. The molecule has 1 atom stereocenters. The molecule has 1 unspecified atom stereocenters. The van der Waals surface area contributed by atoms with E-state index in [0.717, 1.165) is 12.0 Å². The fourth-order valence-corrected chi connectivity index (χ4v) is 2.51. The first-order chi connectivity index (χ1) is 9.78. The fraction of sp³-hybridized carbons (Fsp3) is 0.294. The summed E-state index contributed by atoms with van der Waals surface area (Å²) in [6, 6.07) is 20.7. The molecule has 3 rings (SSSR count). The number of rotatable bonds is 5. The summed E-state index contributed by atoms with van der Waals surface area (Å²) in [6.45, 7) is 2.47. The molecule has 1 aliphatic heterocycles. The van der Waals surface area contributed by atoms with Gasteiger partial charge in [0.1, 0.15) is 0 Å². The third-order valence-electron chi connectivity index (χ3n) is 3.50. The van der Waals surface area contributed by atoms with E-state index in [9.17, 15) is 0 Å². The first-order valence-electron chi connectivity index (χ1n) is 6.93. The molecule has 0 aliphatic carbocycles. The lowest BCUT2D eigenvalue weighted by Crippen LogP contribution is -2.58. The van der Waals surface area contributed by atoms with Gasteiger partial charge in [-0.2, -0.15) is 0 Å². The Bertz CT molecular complexity index is 537. The topological polar surface area (TPSA) is 30.5 Å².